The molecule has 4 rings (SSSR count). The molecule has 0 spiro atoms. The van der Waals surface area contributed by atoms with Crippen LogP contribution in [0.4, 0.5) is 5.69 Å². The molecule has 1 aliphatic heterocycles. The molecule has 4 heteroatoms. The molecule has 0 bridgehead atoms. The number of hydrogen-bond donors (Lipinski definition) is 2. The number of rotatable bonds is 6. The van der Waals surface area contributed by atoms with Gasteiger partial charge in [0.2, 0.25) is 0 Å². The molecule has 4 nitrogen and oxygen atoms in total. The lowest BCUT2D eigenvalue weighted by Crippen LogP contribution is -2.36. The topological polar surface area (TPSA) is 39.7 Å². The Morgan fingerprint density at radius 2 is 1.81 bits per heavy atom. The zero-order valence-electron chi connectivity index (χ0n) is 16.2. The zero-order valence-corrected chi connectivity index (χ0v) is 16.2. The monoisotopic (exact) mass is 362 g/mol. The van der Waals surface area contributed by atoms with Crippen molar-refractivity contribution >= 4 is 11.6 Å². The molecule has 0 radical (unpaired) electrons. The summed E-state index contributed by atoms with van der Waals surface area (Å²) in [6, 6.07) is 19.8. The summed E-state index contributed by atoms with van der Waals surface area (Å²) in [7, 11) is 0. The lowest BCUT2D eigenvalue weighted by molar-refractivity contribution is 0.314. The molecule has 1 saturated carbocycles. The summed E-state index contributed by atoms with van der Waals surface area (Å²) in [6.07, 6.45) is 4.10. The largest absolute Gasteiger partial charge is 0.356 e. The van der Waals surface area contributed by atoms with Gasteiger partial charge in [-0.1, -0.05) is 48.0 Å². The molecular formula is C23H30N4. The fraction of sp³-hybridized carbons (Fsp3) is 0.435. The van der Waals surface area contributed by atoms with Crippen LogP contribution in [0.25, 0.3) is 0 Å². The third-order valence-electron chi connectivity index (χ3n) is 5.52. The van der Waals surface area contributed by atoms with E-state index in [2.05, 4.69) is 58.9 Å². The normalized spacial score (nSPS) is 20.6. The van der Waals surface area contributed by atoms with Crippen LogP contribution in [0.15, 0.2) is 59.6 Å². The number of hydrogen-bond acceptors (Lipinski definition) is 2. The highest BCUT2D eigenvalue weighted by atomic mass is 15.2. The smallest absolute Gasteiger partial charge is 0.196 e. The number of para-hydroxylation sites is 1. The van der Waals surface area contributed by atoms with Gasteiger partial charge in [0.15, 0.2) is 5.96 Å². The van der Waals surface area contributed by atoms with E-state index in [0.29, 0.717) is 12.5 Å². The van der Waals surface area contributed by atoms with E-state index in [9.17, 15) is 0 Å². The van der Waals surface area contributed by atoms with E-state index in [1.165, 1.54) is 43.5 Å². The van der Waals surface area contributed by atoms with Gasteiger partial charge in [-0.15, -0.1) is 0 Å². The average Bonchev–Trinajstić information content (AvgIpc) is 3.44. The zero-order chi connectivity index (χ0) is 18.5. The lowest BCUT2D eigenvalue weighted by Gasteiger charge is -2.17. The van der Waals surface area contributed by atoms with E-state index in [0.717, 1.165) is 24.2 Å². The van der Waals surface area contributed by atoms with E-state index in [4.69, 9.17) is 4.99 Å². The summed E-state index contributed by atoms with van der Waals surface area (Å²) < 4.78 is 0. The number of anilines is 1. The van der Waals surface area contributed by atoms with E-state index < -0.39 is 0 Å². The summed E-state index contributed by atoms with van der Waals surface area (Å²) in [6.45, 7) is 6.27. The Morgan fingerprint density at radius 1 is 1.04 bits per heavy atom. The first-order valence-corrected chi connectivity index (χ1v) is 10.2. The molecule has 1 atom stereocenters. The number of nitrogens with one attached hydrogen (secondary N) is 2. The van der Waals surface area contributed by atoms with Crippen LogP contribution in [0.1, 0.15) is 30.4 Å². The van der Waals surface area contributed by atoms with Crippen molar-refractivity contribution in [2.45, 2.75) is 38.8 Å². The van der Waals surface area contributed by atoms with Crippen LogP contribution in [-0.4, -0.2) is 36.5 Å². The van der Waals surface area contributed by atoms with Crippen molar-refractivity contribution in [1.82, 2.24) is 10.2 Å². The summed E-state index contributed by atoms with van der Waals surface area (Å²) in [4.78, 5) is 7.49. The van der Waals surface area contributed by atoms with E-state index in [-0.39, 0.29) is 0 Å². The van der Waals surface area contributed by atoms with Crippen LogP contribution in [0.3, 0.4) is 0 Å². The molecule has 0 aromatic heterocycles. The predicted octanol–water partition coefficient (Wildman–Crippen LogP) is 4.04. The molecule has 1 heterocycles. The van der Waals surface area contributed by atoms with Crippen LogP contribution in [-0.2, 0) is 6.54 Å². The van der Waals surface area contributed by atoms with Gasteiger partial charge in [-0.05, 0) is 56.3 Å². The summed E-state index contributed by atoms with van der Waals surface area (Å²) >= 11 is 0. The number of aryl methyl sites for hydroxylation is 1. The maximum atomic E-state index is 4.83. The Labute approximate surface area is 162 Å². The van der Waals surface area contributed by atoms with E-state index in [1.54, 1.807) is 0 Å². The number of guanidine groups is 1. The van der Waals surface area contributed by atoms with Crippen LogP contribution < -0.4 is 10.6 Å². The standard InChI is InChI=1S/C23H30N4/c1-18-7-9-19(10-8-18)15-24-23(26-21-5-3-2-4-6-21)25-16-20-13-14-27(17-20)22-11-12-22/h2-10,20,22H,11-17H2,1H3,(H2,24,25,26). The molecule has 1 aliphatic carbocycles. The maximum Gasteiger partial charge on any atom is 0.196 e. The minimum Gasteiger partial charge on any atom is -0.356 e. The third-order valence-corrected chi connectivity index (χ3v) is 5.52. The number of aliphatic imine (C=N–C) groups is 1. The number of benzene rings is 2. The fourth-order valence-electron chi connectivity index (χ4n) is 3.70. The van der Waals surface area contributed by atoms with Gasteiger partial charge in [-0.3, -0.25) is 0 Å². The second kappa shape index (κ2) is 8.57. The van der Waals surface area contributed by atoms with Crippen molar-refractivity contribution in [2.24, 2.45) is 10.9 Å². The first kappa shape index (κ1) is 18.1. The first-order valence-electron chi connectivity index (χ1n) is 10.2. The van der Waals surface area contributed by atoms with E-state index >= 15 is 0 Å². The van der Waals surface area contributed by atoms with Crippen LogP contribution in [0, 0.1) is 12.8 Å². The highest BCUT2D eigenvalue weighted by Gasteiger charge is 2.34. The van der Waals surface area contributed by atoms with Gasteiger partial charge < -0.3 is 15.5 Å². The van der Waals surface area contributed by atoms with Crippen molar-refractivity contribution in [3.8, 4) is 0 Å². The molecule has 2 aromatic rings. The maximum absolute atomic E-state index is 4.83. The molecule has 1 unspecified atom stereocenters. The number of likely N-dealkylation sites (tertiary alicyclic amines) is 1. The molecule has 2 aliphatic rings. The summed E-state index contributed by atoms with van der Waals surface area (Å²) in [5, 5.41) is 7.04. The van der Waals surface area contributed by atoms with Crippen LogP contribution >= 0.6 is 0 Å². The number of nitrogens with zero attached hydrogens (tertiary/aromatic N) is 2. The van der Waals surface area contributed by atoms with Crippen molar-refractivity contribution in [1.29, 1.82) is 0 Å². The van der Waals surface area contributed by atoms with Gasteiger partial charge in [-0.25, -0.2) is 4.99 Å². The predicted molar refractivity (Wildman–Crippen MR) is 113 cm³/mol. The van der Waals surface area contributed by atoms with Crippen molar-refractivity contribution in [3.05, 3.63) is 65.7 Å². The van der Waals surface area contributed by atoms with Crippen molar-refractivity contribution < 1.29 is 0 Å². The molecule has 0 amide bonds. The van der Waals surface area contributed by atoms with Gasteiger partial charge in [0, 0.05) is 24.8 Å². The van der Waals surface area contributed by atoms with Gasteiger partial charge in [-0.2, -0.15) is 0 Å². The van der Waals surface area contributed by atoms with Crippen molar-refractivity contribution in [3.63, 3.8) is 0 Å². The fourth-order valence-corrected chi connectivity index (χ4v) is 3.70. The van der Waals surface area contributed by atoms with Crippen LogP contribution in [0.2, 0.25) is 0 Å². The lowest BCUT2D eigenvalue weighted by atomic mass is 10.1. The van der Waals surface area contributed by atoms with Gasteiger partial charge in [0.1, 0.15) is 0 Å². The minimum atomic E-state index is 0.682. The molecule has 1 saturated heterocycles. The molecule has 2 N–H and O–H groups in total. The second-order valence-electron chi connectivity index (χ2n) is 7.90. The molecule has 2 fully saturated rings. The second-order valence-corrected chi connectivity index (χ2v) is 7.90. The first-order chi connectivity index (χ1) is 13.3. The highest BCUT2D eigenvalue weighted by molar-refractivity contribution is 5.93. The van der Waals surface area contributed by atoms with Gasteiger partial charge in [0.05, 0.1) is 6.54 Å². The molecular weight excluding hydrogens is 332 g/mol. The quantitative estimate of drug-likeness (QED) is 0.602. The summed E-state index contributed by atoms with van der Waals surface area (Å²) in [5.74, 6) is 1.58. The Balaban J connectivity index is 1.37. The van der Waals surface area contributed by atoms with Crippen LogP contribution in [0.5, 0.6) is 0 Å². The highest BCUT2D eigenvalue weighted by Crippen LogP contribution is 2.31. The van der Waals surface area contributed by atoms with Gasteiger partial charge >= 0.3 is 0 Å². The molecule has 27 heavy (non-hydrogen) atoms. The summed E-state index contributed by atoms with van der Waals surface area (Å²) in [5.41, 5.74) is 3.58. The minimum absolute atomic E-state index is 0.682. The molecule has 2 aromatic carbocycles. The van der Waals surface area contributed by atoms with Gasteiger partial charge in [0.25, 0.3) is 0 Å². The average molecular weight is 363 g/mol. The van der Waals surface area contributed by atoms with E-state index in [1.807, 2.05) is 18.2 Å². The third kappa shape index (κ3) is 5.33. The molecule has 142 valence electrons. The Morgan fingerprint density at radius 3 is 2.56 bits per heavy atom. The Hall–Kier alpha value is -2.33. The Bertz CT molecular complexity index is 750. The SMILES string of the molecule is Cc1ccc(CN=C(NCC2CCN(C3CC3)C2)Nc2ccccc2)cc1. The Kier molecular flexibility index (Phi) is 5.73. The van der Waals surface area contributed by atoms with Crippen molar-refractivity contribution in [2.75, 3.05) is 25.0 Å².